The molecule has 0 aromatic carbocycles. The van der Waals surface area contributed by atoms with Crippen molar-refractivity contribution in [3.63, 3.8) is 0 Å². The summed E-state index contributed by atoms with van der Waals surface area (Å²) in [6.45, 7) is 3.41. The SMILES string of the molecule is CCc1cc(C(=O)N2CCC(N)C2)n[nH]1.Cl. The van der Waals surface area contributed by atoms with Crippen molar-refractivity contribution < 1.29 is 4.79 Å². The Morgan fingerprint density at radius 2 is 2.50 bits per heavy atom. The second-order valence-corrected chi connectivity index (χ2v) is 3.93. The lowest BCUT2D eigenvalue weighted by molar-refractivity contribution is 0.0785. The molecular weight excluding hydrogens is 228 g/mol. The van der Waals surface area contributed by atoms with Crippen LogP contribution < -0.4 is 5.73 Å². The molecule has 16 heavy (non-hydrogen) atoms. The van der Waals surface area contributed by atoms with Gasteiger partial charge in [-0.1, -0.05) is 6.92 Å². The highest BCUT2D eigenvalue weighted by atomic mass is 35.5. The van der Waals surface area contributed by atoms with E-state index in [9.17, 15) is 4.79 Å². The summed E-state index contributed by atoms with van der Waals surface area (Å²) in [6.07, 6.45) is 1.75. The van der Waals surface area contributed by atoms with E-state index >= 15 is 0 Å². The summed E-state index contributed by atoms with van der Waals surface area (Å²) >= 11 is 0. The number of aromatic nitrogens is 2. The molecule has 90 valence electrons. The van der Waals surface area contributed by atoms with E-state index in [0.29, 0.717) is 12.2 Å². The number of nitrogens with one attached hydrogen (secondary N) is 1. The second kappa shape index (κ2) is 5.32. The molecule has 1 fully saturated rings. The molecule has 1 amide bonds. The summed E-state index contributed by atoms with van der Waals surface area (Å²) in [6, 6.07) is 1.94. The average molecular weight is 245 g/mol. The first-order valence-corrected chi connectivity index (χ1v) is 5.30. The fourth-order valence-corrected chi connectivity index (χ4v) is 1.79. The molecule has 2 heterocycles. The number of carbonyl (C=O) groups excluding carboxylic acids is 1. The summed E-state index contributed by atoms with van der Waals surface area (Å²) in [5.41, 5.74) is 7.24. The number of nitrogens with two attached hydrogens (primary N) is 1. The minimum Gasteiger partial charge on any atom is -0.336 e. The van der Waals surface area contributed by atoms with Crippen molar-refractivity contribution in [2.24, 2.45) is 5.73 Å². The third-order valence-corrected chi connectivity index (χ3v) is 2.74. The standard InChI is InChI=1S/C10H16N4O.ClH/c1-2-8-5-9(13-12-8)10(15)14-4-3-7(11)6-14;/h5,7H,2-4,6,11H2,1H3,(H,12,13);1H. The van der Waals surface area contributed by atoms with Gasteiger partial charge in [-0.3, -0.25) is 9.89 Å². The molecule has 0 spiro atoms. The molecule has 0 aliphatic carbocycles. The molecule has 5 nitrogen and oxygen atoms in total. The second-order valence-electron chi connectivity index (χ2n) is 3.93. The number of aromatic amines is 1. The van der Waals surface area contributed by atoms with Gasteiger partial charge in [-0.25, -0.2) is 0 Å². The zero-order chi connectivity index (χ0) is 10.8. The molecule has 2 rings (SSSR count). The molecule has 3 N–H and O–H groups in total. The molecule has 1 unspecified atom stereocenters. The van der Waals surface area contributed by atoms with Gasteiger partial charge in [0.05, 0.1) is 0 Å². The number of nitrogens with zero attached hydrogens (tertiary/aromatic N) is 2. The van der Waals surface area contributed by atoms with Gasteiger partial charge < -0.3 is 10.6 Å². The van der Waals surface area contributed by atoms with Gasteiger partial charge in [0.1, 0.15) is 5.69 Å². The van der Waals surface area contributed by atoms with Crippen LogP contribution in [-0.2, 0) is 6.42 Å². The van der Waals surface area contributed by atoms with Gasteiger partial charge in [0.25, 0.3) is 5.91 Å². The molecular formula is C10H17ClN4O. The van der Waals surface area contributed by atoms with Crippen molar-refractivity contribution in [3.05, 3.63) is 17.5 Å². The van der Waals surface area contributed by atoms with Crippen molar-refractivity contribution in [2.45, 2.75) is 25.8 Å². The minimum absolute atomic E-state index is 0. The Hall–Kier alpha value is -1.07. The quantitative estimate of drug-likeness (QED) is 0.799. The number of halogens is 1. The predicted octanol–water partition coefficient (Wildman–Crippen LogP) is 0.567. The van der Waals surface area contributed by atoms with Crippen LogP contribution in [0.25, 0.3) is 0 Å². The smallest absolute Gasteiger partial charge is 0.274 e. The van der Waals surface area contributed by atoms with Crippen LogP contribution in [0.5, 0.6) is 0 Å². The van der Waals surface area contributed by atoms with Gasteiger partial charge in [0.2, 0.25) is 0 Å². The first-order chi connectivity index (χ1) is 7.20. The summed E-state index contributed by atoms with van der Waals surface area (Å²) in [5, 5.41) is 6.84. The Morgan fingerprint density at radius 3 is 3.00 bits per heavy atom. The van der Waals surface area contributed by atoms with Crippen molar-refractivity contribution >= 4 is 18.3 Å². The lowest BCUT2D eigenvalue weighted by Crippen LogP contribution is -2.32. The first-order valence-electron chi connectivity index (χ1n) is 5.30. The molecule has 6 heteroatoms. The molecule has 1 atom stereocenters. The van der Waals surface area contributed by atoms with Gasteiger partial charge >= 0.3 is 0 Å². The van der Waals surface area contributed by atoms with Gasteiger partial charge in [-0.05, 0) is 18.9 Å². The van der Waals surface area contributed by atoms with E-state index in [-0.39, 0.29) is 24.4 Å². The highest BCUT2D eigenvalue weighted by Crippen LogP contribution is 2.11. The van der Waals surface area contributed by atoms with Crippen molar-refractivity contribution in [1.82, 2.24) is 15.1 Å². The largest absolute Gasteiger partial charge is 0.336 e. The van der Waals surface area contributed by atoms with E-state index in [2.05, 4.69) is 10.2 Å². The van der Waals surface area contributed by atoms with E-state index in [0.717, 1.165) is 25.1 Å². The van der Waals surface area contributed by atoms with E-state index in [1.165, 1.54) is 0 Å². The van der Waals surface area contributed by atoms with Gasteiger partial charge in [-0.15, -0.1) is 12.4 Å². The number of rotatable bonds is 2. The van der Waals surface area contributed by atoms with Gasteiger partial charge in [-0.2, -0.15) is 5.10 Å². The van der Waals surface area contributed by atoms with Crippen LogP contribution in [0, 0.1) is 0 Å². The third-order valence-electron chi connectivity index (χ3n) is 2.74. The Kier molecular flexibility index (Phi) is 4.32. The summed E-state index contributed by atoms with van der Waals surface area (Å²) in [4.78, 5) is 13.7. The molecule has 0 saturated carbocycles. The minimum atomic E-state index is -0.0149. The number of aryl methyl sites for hydroxylation is 1. The lowest BCUT2D eigenvalue weighted by atomic mass is 10.3. The van der Waals surface area contributed by atoms with Crippen molar-refractivity contribution in [3.8, 4) is 0 Å². The number of amides is 1. The first kappa shape index (κ1) is 13.0. The number of likely N-dealkylation sites (tertiary alicyclic amines) is 1. The van der Waals surface area contributed by atoms with Crippen LogP contribution in [0.4, 0.5) is 0 Å². The Labute approximate surface area is 101 Å². The zero-order valence-corrected chi connectivity index (χ0v) is 10.1. The maximum absolute atomic E-state index is 11.9. The highest BCUT2D eigenvalue weighted by Gasteiger charge is 2.25. The maximum atomic E-state index is 11.9. The highest BCUT2D eigenvalue weighted by molar-refractivity contribution is 5.92. The molecule has 1 aliphatic heterocycles. The Morgan fingerprint density at radius 1 is 1.75 bits per heavy atom. The molecule has 1 aromatic heterocycles. The van der Waals surface area contributed by atoms with E-state index < -0.39 is 0 Å². The average Bonchev–Trinajstić information content (AvgIpc) is 2.84. The number of hydrogen-bond acceptors (Lipinski definition) is 3. The van der Waals surface area contributed by atoms with Crippen LogP contribution in [0.15, 0.2) is 6.07 Å². The number of hydrogen-bond donors (Lipinski definition) is 2. The van der Waals surface area contributed by atoms with E-state index in [1.54, 1.807) is 4.90 Å². The third kappa shape index (κ3) is 2.54. The molecule has 1 saturated heterocycles. The molecule has 1 aliphatic rings. The van der Waals surface area contributed by atoms with Crippen LogP contribution in [0.2, 0.25) is 0 Å². The zero-order valence-electron chi connectivity index (χ0n) is 9.27. The maximum Gasteiger partial charge on any atom is 0.274 e. The lowest BCUT2D eigenvalue weighted by Gasteiger charge is -2.13. The normalized spacial score (nSPS) is 19.6. The van der Waals surface area contributed by atoms with Gasteiger partial charge in [0, 0.05) is 24.8 Å². The monoisotopic (exact) mass is 244 g/mol. The fourth-order valence-electron chi connectivity index (χ4n) is 1.79. The van der Waals surface area contributed by atoms with Crippen molar-refractivity contribution in [2.75, 3.05) is 13.1 Å². The fraction of sp³-hybridized carbons (Fsp3) is 0.600. The van der Waals surface area contributed by atoms with E-state index in [1.807, 2.05) is 13.0 Å². The van der Waals surface area contributed by atoms with Crippen LogP contribution in [0.3, 0.4) is 0 Å². The van der Waals surface area contributed by atoms with Crippen molar-refractivity contribution in [1.29, 1.82) is 0 Å². The summed E-state index contributed by atoms with van der Waals surface area (Å²) in [7, 11) is 0. The van der Waals surface area contributed by atoms with E-state index in [4.69, 9.17) is 5.73 Å². The number of carbonyl (C=O) groups is 1. The summed E-state index contributed by atoms with van der Waals surface area (Å²) in [5.74, 6) is -0.0149. The van der Waals surface area contributed by atoms with Crippen LogP contribution in [-0.4, -0.2) is 40.1 Å². The molecule has 0 radical (unpaired) electrons. The Bertz CT molecular complexity index is 365. The molecule has 1 aromatic rings. The number of H-pyrrole nitrogens is 1. The Balaban J connectivity index is 0.00000128. The topological polar surface area (TPSA) is 75.0 Å². The van der Waals surface area contributed by atoms with Crippen LogP contribution >= 0.6 is 12.4 Å². The van der Waals surface area contributed by atoms with Gasteiger partial charge in [0.15, 0.2) is 0 Å². The predicted molar refractivity (Wildman–Crippen MR) is 63.7 cm³/mol. The van der Waals surface area contributed by atoms with Crippen LogP contribution in [0.1, 0.15) is 29.5 Å². The molecule has 0 bridgehead atoms. The summed E-state index contributed by atoms with van der Waals surface area (Å²) < 4.78 is 0.